The first-order valence-corrected chi connectivity index (χ1v) is 9.50. The number of piperidine rings is 1. The average Bonchev–Trinajstić information content (AvgIpc) is 2.71. The number of carbonyl (C=O) groups is 1. The van der Waals surface area contributed by atoms with Gasteiger partial charge >= 0.3 is 0 Å². The fourth-order valence-electron chi connectivity index (χ4n) is 3.46. The molecule has 0 spiro atoms. The van der Waals surface area contributed by atoms with Crippen LogP contribution in [0.2, 0.25) is 0 Å². The number of hydrogen-bond acceptors (Lipinski definition) is 3. The predicted molar refractivity (Wildman–Crippen MR) is 104 cm³/mol. The zero-order chi connectivity index (χ0) is 18.0. The molecule has 4 heteroatoms. The van der Waals surface area contributed by atoms with Gasteiger partial charge in [-0.15, -0.1) is 0 Å². The second-order valence-electron chi connectivity index (χ2n) is 6.81. The molecule has 4 nitrogen and oxygen atoms in total. The molecule has 1 heterocycles. The summed E-state index contributed by atoms with van der Waals surface area (Å²) >= 11 is 0. The minimum Gasteiger partial charge on any atom is -0.367 e. The Bertz CT molecular complexity index is 654. The van der Waals surface area contributed by atoms with Crippen LogP contribution in [0.3, 0.4) is 0 Å². The van der Waals surface area contributed by atoms with Gasteiger partial charge in [0.05, 0.1) is 12.6 Å². The van der Waals surface area contributed by atoms with Crippen LogP contribution in [0.25, 0.3) is 0 Å². The minimum absolute atomic E-state index is 0.0566. The smallest absolute Gasteiger partial charge is 0.246 e. The minimum atomic E-state index is -0.0566. The molecule has 2 aromatic rings. The molecule has 0 aliphatic carbocycles. The number of nitrogens with zero attached hydrogens (tertiary/aromatic N) is 1. The van der Waals surface area contributed by atoms with Crippen molar-refractivity contribution >= 4 is 5.91 Å². The third-order valence-electron chi connectivity index (χ3n) is 4.85. The summed E-state index contributed by atoms with van der Waals surface area (Å²) in [6, 6.07) is 20.6. The molecule has 1 fully saturated rings. The molecule has 0 radical (unpaired) electrons. The third kappa shape index (κ3) is 5.68. The number of nitrogens with one attached hydrogen (secondary N) is 1. The maximum Gasteiger partial charge on any atom is 0.246 e. The SMILES string of the molecule is O=C(COCc1ccccc1)NC[C@H](c1ccccc1)N1CCCCC1. The summed E-state index contributed by atoms with van der Waals surface area (Å²) in [5, 5.41) is 3.06. The molecular formula is C22H28N2O2. The van der Waals surface area contributed by atoms with Crippen molar-refractivity contribution in [3.8, 4) is 0 Å². The summed E-state index contributed by atoms with van der Waals surface area (Å²) < 4.78 is 5.54. The first kappa shape index (κ1) is 18.6. The van der Waals surface area contributed by atoms with E-state index in [0.29, 0.717) is 13.2 Å². The molecule has 1 N–H and O–H groups in total. The third-order valence-corrected chi connectivity index (χ3v) is 4.85. The average molecular weight is 352 g/mol. The molecule has 0 bridgehead atoms. The van der Waals surface area contributed by atoms with Crippen LogP contribution >= 0.6 is 0 Å². The summed E-state index contributed by atoms with van der Waals surface area (Å²) in [5.74, 6) is -0.0566. The number of carbonyl (C=O) groups excluding carboxylic acids is 1. The van der Waals surface area contributed by atoms with Gasteiger partial charge in [-0.2, -0.15) is 0 Å². The Morgan fingerprint density at radius 3 is 2.31 bits per heavy atom. The van der Waals surface area contributed by atoms with Crippen LogP contribution in [-0.2, 0) is 16.1 Å². The lowest BCUT2D eigenvalue weighted by atomic mass is 10.0. The van der Waals surface area contributed by atoms with Crippen molar-refractivity contribution in [3.63, 3.8) is 0 Å². The van der Waals surface area contributed by atoms with Crippen LogP contribution in [0.5, 0.6) is 0 Å². The molecule has 0 aromatic heterocycles. The van der Waals surface area contributed by atoms with E-state index in [1.165, 1.54) is 24.8 Å². The zero-order valence-corrected chi connectivity index (χ0v) is 15.3. The topological polar surface area (TPSA) is 41.6 Å². The molecule has 1 amide bonds. The Hall–Kier alpha value is -2.17. The van der Waals surface area contributed by atoms with Crippen molar-refractivity contribution in [2.45, 2.75) is 31.9 Å². The predicted octanol–water partition coefficient (Wildman–Crippen LogP) is 3.55. The van der Waals surface area contributed by atoms with Gasteiger partial charge in [-0.25, -0.2) is 0 Å². The Morgan fingerprint density at radius 2 is 1.62 bits per heavy atom. The lowest BCUT2D eigenvalue weighted by Crippen LogP contribution is -2.41. The molecule has 138 valence electrons. The highest BCUT2D eigenvalue weighted by Crippen LogP contribution is 2.23. The Kier molecular flexibility index (Phi) is 7.23. The number of amides is 1. The molecule has 1 atom stereocenters. The summed E-state index contributed by atoms with van der Waals surface area (Å²) in [4.78, 5) is 14.7. The highest BCUT2D eigenvalue weighted by atomic mass is 16.5. The Balaban J connectivity index is 1.49. The summed E-state index contributed by atoms with van der Waals surface area (Å²) in [5.41, 5.74) is 2.34. The fraction of sp³-hybridized carbons (Fsp3) is 0.409. The van der Waals surface area contributed by atoms with E-state index in [-0.39, 0.29) is 18.6 Å². The number of benzene rings is 2. The highest BCUT2D eigenvalue weighted by Gasteiger charge is 2.22. The largest absolute Gasteiger partial charge is 0.367 e. The van der Waals surface area contributed by atoms with Gasteiger partial charge in [-0.05, 0) is 37.1 Å². The molecule has 1 aliphatic heterocycles. The second kappa shape index (κ2) is 10.1. The van der Waals surface area contributed by atoms with Crippen molar-refractivity contribution in [2.75, 3.05) is 26.2 Å². The molecular weight excluding hydrogens is 324 g/mol. The van der Waals surface area contributed by atoms with Gasteiger partial charge in [0.1, 0.15) is 6.61 Å². The molecule has 3 rings (SSSR count). The molecule has 1 saturated heterocycles. The summed E-state index contributed by atoms with van der Waals surface area (Å²) in [6.45, 7) is 3.37. The van der Waals surface area contributed by atoms with Gasteiger partial charge in [0.15, 0.2) is 0 Å². The van der Waals surface area contributed by atoms with Crippen molar-refractivity contribution in [3.05, 3.63) is 71.8 Å². The number of hydrogen-bond donors (Lipinski definition) is 1. The normalized spacial score (nSPS) is 16.2. The lowest BCUT2D eigenvalue weighted by molar-refractivity contribution is -0.126. The standard InChI is InChI=1S/C22H28N2O2/c25-22(18-26-17-19-10-4-1-5-11-19)23-16-21(20-12-6-2-7-13-20)24-14-8-3-9-15-24/h1-2,4-7,10-13,21H,3,8-9,14-18H2,(H,23,25)/t21-/m1/s1. The molecule has 2 aromatic carbocycles. The van der Waals surface area contributed by atoms with E-state index in [4.69, 9.17) is 4.74 Å². The first-order valence-electron chi connectivity index (χ1n) is 9.50. The van der Waals surface area contributed by atoms with Crippen LogP contribution < -0.4 is 5.32 Å². The van der Waals surface area contributed by atoms with E-state index in [1.54, 1.807) is 0 Å². The summed E-state index contributed by atoms with van der Waals surface area (Å²) in [7, 11) is 0. The van der Waals surface area contributed by atoms with Crippen LogP contribution in [0.1, 0.15) is 36.4 Å². The Labute approximate surface area is 156 Å². The first-order chi connectivity index (χ1) is 12.8. The van der Waals surface area contributed by atoms with Crippen molar-refractivity contribution in [1.29, 1.82) is 0 Å². The second-order valence-corrected chi connectivity index (χ2v) is 6.81. The van der Waals surface area contributed by atoms with E-state index in [1.807, 2.05) is 36.4 Å². The number of ether oxygens (including phenoxy) is 1. The van der Waals surface area contributed by atoms with Crippen molar-refractivity contribution < 1.29 is 9.53 Å². The van der Waals surface area contributed by atoms with E-state index in [0.717, 1.165) is 18.7 Å². The molecule has 1 aliphatic rings. The van der Waals surface area contributed by atoms with E-state index < -0.39 is 0 Å². The monoisotopic (exact) mass is 352 g/mol. The van der Waals surface area contributed by atoms with Gasteiger partial charge in [0.25, 0.3) is 0 Å². The van der Waals surface area contributed by atoms with Crippen LogP contribution in [0.15, 0.2) is 60.7 Å². The zero-order valence-electron chi connectivity index (χ0n) is 15.3. The number of likely N-dealkylation sites (tertiary alicyclic amines) is 1. The van der Waals surface area contributed by atoms with Gasteiger partial charge in [-0.3, -0.25) is 9.69 Å². The van der Waals surface area contributed by atoms with Gasteiger partial charge < -0.3 is 10.1 Å². The molecule has 0 saturated carbocycles. The van der Waals surface area contributed by atoms with E-state index in [2.05, 4.69) is 34.5 Å². The van der Waals surface area contributed by atoms with Crippen LogP contribution in [0, 0.1) is 0 Å². The van der Waals surface area contributed by atoms with Gasteiger partial charge in [-0.1, -0.05) is 67.1 Å². The van der Waals surface area contributed by atoms with E-state index >= 15 is 0 Å². The van der Waals surface area contributed by atoms with Crippen LogP contribution in [0.4, 0.5) is 0 Å². The molecule has 0 unspecified atom stereocenters. The van der Waals surface area contributed by atoms with Crippen molar-refractivity contribution in [1.82, 2.24) is 10.2 Å². The van der Waals surface area contributed by atoms with Crippen LogP contribution in [-0.4, -0.2) is 37.0 Å². The quantitative estimate of drug-likeness (QED) is 0.790. The van der Waals surface area contributed by atoms with Gasteiger partial charge in [0.2, 0.25) is 5.91 Å². The highest BCUT2D eigenvalue weighted by molar-refractivity contribution is 5.77. The van der Waals surface area contributed by atoms with E-state index in [9.17, 15) is 4.79 Å². The maximum atomic E-state index is 12.2. The summed E-state index contributed by atoms with van der Waals surface area (Å²) in [6.07, 6.45) is 3.77. The fourth-order valence-corrected chi connectivity index (χ4v) is 3.46. The number of rotatable bonds is 8. The Morgan fingerprint density at radius 1 is 0.962 bits per heavy atom. The van der Waals surface area contributed by atoms with Crippen molar-refractivity contribution in [2.24, 2.45) is 0 Å². The van der Waals surface area contributed by atoms with Gasteiger partial charge in [0, 0.05) is 6.54 Å². The lowest BCUT2D eigenvalue weighted by Gasteiger charge is -2.35. The maximum absolute atomic E-state index is 12.2. The molecule has 26 heavy (non-hydrogen) atoms.